The van der Waals surface area contributed by atoms with Crippen LogP contribution >= 0.6 is 0 Å². The number of ether oxygens (including phenoxy) is 7. The van der Waals surface area contributed by atoms with Crippen molar-refractivity contribution < 1.29 is 42.7 Å². The maximum Gasteiger partial charge on any atom is 0.261 e. The molecule has 0 saturated carbocycles. The number of nitrogens with zero attached hydrogens (tertiary/aromatic N) is 1. The number of hydrogen-bond acceptors (Lipinski definition) is 9. The molecule has 0 atom stereocenters. The lowest BCUT2D eigenvalue weighted by molar-refractivity contribution is -0.0204. The molecule has 0 fully saturated rings. The average molecular weight is 484 g/mol. The van der Waals surface area contributed by atoms with Gasteiger partial charge in [-0.05, 0) is 19.1 Å². The molecule has 0 aromatic heterocycles. The third-order valence-corrected chi connectivity index (χ3v) is 4.77. The van der Waals surface area contributed by atoms with Gasteiger partial charge in [-0.25, -0.2) is 0 Å². The lowest BCUT2D eigenvalue weighted by atomic mass is 10.1. The second kappa shape index (κ2) is 18.4. The zero-order chi connectivity index (χ0) is 24.3. The van der Waals surface area contributed by atoms with E-state index in [0.29, 0.717) is 97.0 Å². The number of rotatable bonds is 22. The molecule has 1 aromatic rings. The fourth-order valence-electron chi connectivity index (χ4n) is 3.06. The van der Waals surface area contributed by atoms with Gasteiger partial charge in [-0.3, -0.25) is 14.5 Å². The zero-order valence-electron chi connectivity index (χ0n) is 20.0. The predicted molar refractivity (Wildman–Crippen MR) is 123 cm³/mol. The van der Waals surface area contributed by atoms with E-state index in [2.05, 4.69) is 0 Å². The van der Waals surface area contributed by atoms with Crippen molar-refractivity contribution in [3.63, 3.8) is 0 Å². The lowest BCUT2D eigenvalue weighted by Gasteiger charge is -2.13. The van der Waals surface area contributed by atoms with E-state index in [0.717, 1.165) is 0 Å². The maximum absolute atomic E-state index is 12.2. The Balaban J connectivity index is 1.29. The minimum Gasteiger partial charge on any atom is -0.379 e. The summed E-state index contributed by atoms with van der Waals surface area (Å²) in [5.41, 5.74) is 0.897. The highest BCUT2D eigenvalue weighted by Crippen LogP contribution is 2.21. The Labute approximate surface area is 201 Å². The largest absolute Gasteiger partial charge is 0.379 e. The number of carbonyl (C=O) groups is 2. The number of amides is 2. The van der Waals surface area contributed by atoms with Gasteiger partial charge in [0.2, 0.25) is 0 Å². The molecule has 0 radical (unpaired) electrons. The van der Waals surface area contributed by atoms with Crippen LogP contribution in [-0.2, 0) is 33.2 Å². The Morgan fingerprint density at radius 2 is 0.853 bits per heavy atom. The monoisotopic (exact) mass is 483 g/mol. The molecule has 1 aliphatic rings. The standard InChI is InChI=1S/C24H37NO9/c1-2-28-9-10-30-13-14-32-17-18-34-20-19-33-16-15-31-12-11-29-8-7-25-23(26)21-5-3-4-6-22(21)24(25)27/h3-6H,2,7-20H2,1H3. The van der Waals surface area contributed by atoms with Gasteiger partial charge in [-0.2, -0.15) is 0 Å². The van der Waals surface area contributed by atoms with Crippen molar-refractivity contribution >= 4 is 11.8 Å². The molecule has 10 heteroatoms. The molecule has 0 N–H and O–H groups in total. The summed E-state index contributed by atoms with van der Waals surface area (Å²) in [4.78, 5) is 25.7. The molecule has 1 heterocycles. The first kappa shape index (κ1) is 28.3. The summed E-state index contributed by atoms with van der Waals surface area (Å²) in [7, 11) is 0. The van der Waals surface area contributed by atoms with Crippen molar-refractivity contribution in [1.82, 2.24) is 4.90 Å². The van der Waals surface area contributed by atoms with Crippen molar-refractivity contribution in [3.8, 4) is 0 Å². The first-order valence-corrected chi connectivity index (χ1v) is 11.7. The quantitative estimate of drug-likeness (QED) is 0.179. The molecule has 2 rings (SSSR count). The van der Waals surface area contributed by atoms with E-state index < -0.39 is 0 Å². The number of carbonyl (C=O) groups excluding carboxylic acids is 2. The van der Waals surface area contributed by atoms with Crippen molar-refractivity contribution in [2.75, 3.05) is 99.0 Å². The van der Waals surface area contributed by atoms with Crippen molar-refractivity contribution in [1.29, 1.82) is 0 Å². The fourth-order valence-corrected chi connectivity index (χ4v) is 3.06. The Hall–Kier alpha value is -1.92. The molecule has 0 bridgehead atoms. The topological polar surface area (TPSA) is 102 Å². The average Bonchev–Trinajstić information content (AvgIpc) is 3.10. The van der Waals surface area contributed by atoms with Crippen LogP contribution in [0.15, 0.2) is 24.3 Å². The summed E-state index contributed by atoms with van der Waals surface area (Å²) in [6, 6.07) is 6.83. The number of fused-ring (bicyclic) bond motifs is 1. The molecule has 2 amide bonds. The van der Waals surface area contributed by atoms with Gasteiger partial charge in [0.05, 0.1) is 104 Å². The Morgan fingerprint density at radius 1 is 0.529 bits per heavy atom. The molecule has 34 heavy (non-hydrogen) atoms. The van der Waals surface area contributed by atoms with E-state index in [9.17, 15) is 9.59 Å². The molecule has 0 unspecified atom stereocenters. The first-order chi connectivity index (χ1) is 16.8. The van der Waals surface area contributed by atoms with Crippen LogP contribution < -0.4 is 0 Å². The lowest BCUT2D eigenvalue weighted by Crippen LogP contribution is -2.33. The zero-order valence-corrected chi connectivity index (χ0v) is 20.0. The number of imide groups is 1. The van der Waals surface area contributed by atoms with Gasteiger partial charge < -0.3 is 33.2 Å². The Bertz CT molecular complexity index is 666. The molecular formula is C24H37NO9. The van der Waals surface area contributed by atoms with Gasteiger partial charge in [0, 0.05) is 6.61 Å². The summed E-state index contributed by atoms with van der Waals surface area (Å²) < 4.78 is 37.6. The summed E-state index contributed by atoms with van der Waals surface area (Å²) in [6.45, 7) is 9.15. The van der Waals surface area contributed by atoms with Crippen LogP contribution in [0.4, 0.5) is 0 Å². The van der Waals surface area contributed by atoms with E-state index in [-0.39, 0.29) is 25.0 Å². The van der Waals surface area contributed by atoms with E-state index in [4.69, 9.17) is 33.2 Å². The fraction of sp³-hybridized carbons (Fsp3) is 0.667. The Morgan fingerprint density at radius 3 is 1.21 bits per heavy atom. The minimum atomic E-state index is -0.271. The van der Waals surface area contributed by atoms with Gasteiger partial charge in [0.25, 0.3) is 11.8 Å². The van der Waals surface area contributed by atoms with Crippen LogP contribution in [0.25, 0.3) is 0 Å². The van der Waals surface area contributed by atoms with Gasteiger partial charge in [0.1, 0.15) is 0 Å². The summed E-state index contributed by atoms with van der Waals surface area (Å²) >= 11 is 0. The highest BCUT2D eigenvalue weighted by molar-refractivity contribution is 6.21. The smallest absolute Gasteiger partial charge is 0.261 e. The van der Waals surface area contributed by atoms with Crippen LogP contribution in [0.2, 0.25) is 0 Å². The molecule has 10 nitrogen and oxygen atoms in total. The molecule has 1 aliphatic heterocycles. The van der Waals surface area contributed by atoms with Crippen LogP contribution in [0.3, 0.4) is 0 Å². The molecule has 1 aromatic carbocycles. The third kappa shape index (κ3) is 11.0. The minimum absolute atomic E-state index is 0.225. The van der Waals surface area contributed by atoms with Crippen molar-refractivity contribution in [3.05, 3.63) is 35.4 Å². The molecule has 192 valence electrons. The molecule has 0 aliphatic carbocycles. The second-order valence-electron chi connectivity index (χ2n) is 7.18. The number of benzene rings is 1. The van der Waals surface area contributed by atoms with Crippen molar-refractivity contribution in [2.45, 2.75) is 6.92 Å². The highest BCUT2D eigenvalue weighted by Gasteiger charge is 2.34. The van der Waals surface area contributed by atoms with Crippen molar-refractivity contribution in [2.24, 2.45) is 0 Å². The Kier molecular flexibility index (Phi) is 15.3. The first-order valence-electron chi connectivity index (χ1n) is 11.7. The maximum atomic E-state index is 12.2. The normalized spacial score (nSPS) is 13.1. The predicted octanol–water partition coefficient (Wildman–Crippen LogP) is 1.42. The van der Waals surface area contributed by atoms with E-state index >= 15 is 0 Å². The van der Waals surface area contributed by atoms with Crippen LogP contribution in [-0.4, -0.2) is 116 Å². The van der Waals surface area contributed by atoms with Crippen LogP contribution in [0.5, 0.6) is 0 Å². The number of hydrogen-bond donors (Lipinski definition) is 0. The SMILES string of the molecule is CCOCCOCCOCCOCCOCCOCCOCCN1C(=O)c2ccccc2C1=O. The van der Waals surface area contributed by atoms with Gasteiger partial charge in [-0.1, -0.05) is 12.1 Å². The third-order valence-electron chi connectivity index (χ3n) is 4.77. The summed E-state index contributed by atoms with van der Waals surface area (Å²) in [5, 5.41) is 0. The van der Waals surface area contributed by atoms with Gasteiger partial charge >= 0.3 is 0 Å². The van der Waals surface area contributed by atoms with Crippen LogP contribution in [0.1, 0.15) is 27.6 Å². The van der Waals surface area contributed by atoms with E-state index in [1.165, 1.54) is 4.90 Å². The van der Waals surface area contributed by atoms with E-state index in [1.807, 2.05) is 6.92 Å². The summed E-state index contributed by atoms with van der Waals surface area (Å²) in [5.74, 6) is -0.541. The van der Waals surface area contributed by atoms with E-state index in [1.54, 1.807) is 24.3 Å². The molecular weight excluding hydrogens is 446 g/mol. The highest BCUT2D eigenvalue weighted by atomic mass is 16.6. The van der Waals surface area contributed by atoms with Crippen LogP contribution in [0, 0.1) is 0 Å². The molecule has 0 saturated heterocycles. The van der Waals surface area contributed by atoms with Gasteiger partial charge in [0.15, 0.2) is 0 Å². The second-order valence-corrected chi connectivity index (χ2v) is 7.18. The molecule has 0 spiro atoms. The van der Waals surface area contributed by atoms with Gasteiger partial charge in [-0.15, -0.1) is 0 Å². The summed E-state index contributed by atoms with van der Waals surface area (Å²) in [6.07, 6.45) is 0.